The highest BCUT2D eigenvalue weighted by atomic mass is 16.7. The lowest BCUT2D eigenvalue weighted by Gasteiger charge is -2.32. The van der Waals surface area contributed by atoms with Crippen LogP contribution in [0.2, 0.25) is 0 Å². The van der Waals surface area contributed by atoms with Gasteiger partial charge in [0.1, 0.15) is 12.1 Å². The first-order valence-electron chi connectivity index (χ1n) is 12.7. The summed E-state index contributed by atoms with van der Waals surface area (Å²) < 4.78 is 26.1. The molecule has 0 aromatic heterocycles. The van der Waals surface area contributed by atoms with Gasteiger partial charge < -0.3 is 34.5 Å². The van der Waals surface area contributed by atoms with Crippen LogP contribution in [-0.4, -0.2) is 53.7 Å². The number of nitrogens with two attached hydrogens (primary N) is 1. The highest BCUT2D eigenvalue weighted by Gasteiger charge is 2.36. The van der Waals surface area contributed by atoms with Gasteiger partial charge in [-0.1, -0.05) is 26.8 Å². The molecule has 11 heteroatoms. The van der Waals surface area contributed by atoms with E-state index in [0.29, 0.717) is 17.9 Å². The predicted octanol–water partition coefficient (Wildman–Crippen LogP) is 5.03. The Kier molecular flexibility index (Phi) is 13.0. The molecule has 1 aromatic rings. The number of carboxylic acid groups (broad SMARTS) is 1. The lowest BCUT2D eigenvalue weighted by molar-refractivity contribution is -0.151. The van der Waals surface area contributed by atoms with Gasteiger partial charge in [0.25, 0.3) is 0 Å². The van der Waals surface area contributed by atoms with Gasteiger partial charge in [-0.2, -0.15) is 0 Å². The van der Waals surface area contributed by atoms with Crippen LogP contribution in [0.25, 0.3) is 0 Å². The van der Waals surface area contributed by atoms with Gasteiger partial charge >= 0.3 is 24.2 Å². The van der Waals surface area contributed by atoms with Gasteiger partial charge in [0.2, 0.25) is 0 Å². The van der Waals surface area contributed by atoms with Crippen molar-refractivity contribution in [1.29, 1.82) is 0 Å². The average Bonchev–Trinajstić information content (AvgIpc) is 2.78. The fourth-order valence-corrected chi connectivity index (χ4v) is 3.57. The maximum Gasteiger partial charge on any atom is 0.514 e. The van der Waals surface area contributed by atoms with Crippen LogP contribution in [0.4, 0.5) is 9.59 Å². The Labute approximate surface area is 223 Å². The normalized spacial score (nSPS) is 14.4. The van der Waals surface area contributed by atoms with E-state index in [2.05, 4.69) is 0 Å². The first-order chi connectivity index (χ1) is 17.6. The van der Waals surface area contributed by atoms with Crippen LogP contribution in [0.5, 0.6) is 11.5 Å². The summed E-state index contributed by atoms with van der Waals surface area (Å²) in [4.78, 5) is 48.6. The fourth-order valence-electron chi connectivity index (χ4n) is 3.57. The zero-order valence-electron chi connectivity index (χ0n) is 23.4. The molecule has 0 aliphatic carbocycles. The van der Waals surface area contributed by atoms with Gasteiger partial charge in [-0.05, 0) is 64.7 Å². The van der Waals surface area contributed by atoms with E-state index in [-0.39, 0.29) is 17.9 Å². The van der Waals surface area contributed by atoms with E-state index in [9.17, 15) is 24.3 Å². The molecule has 214 valence electrons. The summed E-state index contributed by atoms with van der Waals surface area (Å²) in [5, 5.41) is 9.72. The van der Waals surface area contributed by atoms with Gasteiger partial charge in [-0.3, -0.25) is 9.59 Å². The SMILES string of the molecule is CC(C)CCC(=O)OC(C)C(C)C(c1ccc(OC(=O)OC(C)C)c(OC(=O)OC(C)C)c1)[C@H](N)C(=O)O. The molecule has 38 heavy (non-hydrogen) atoms. The molecule has 1 rings (SSSR count). The quantitative estimate of drug-likeness (QED) is 0.196. The number of hydrogen-bond donors (Lipinski definition) is 2. The van der Waals surface area contributed by atoms with Gasteiger partial charge in [-0.15, -0.1) is 0 Å². The standard InChI is InChI=1S/C27H41NO10/c1-14(2)9-12-22(29)36-18(8)17(7)23(24(28)25(30)31)19-10-11-20(37-26(32)34-15(3)4)21(13-19)38-27(33)35-16(5)6/h10-11,13-18,23-24H,9,12,28H2,1-8H3,(H,30,31)/t17?,18?,23?,24-/m0/s1. The van der Waals surface area contributed by atoms with Gasteiger partial charge in [0, 0.05) is 18.3 Å². The number of ether oxygens (including phenoxy) is 5. The Morgan fingerprint density at radius 1 is 0.816 bits per heavy atom. The molecule has 0 saturated heterocycles. The second kappa shape index (κ2) is 15.2. The van der Waals surface area contributed by atoms with Crippen molar-refractivity contribution < 1.29 is 48.0 Å². The summed E-state index contributed by atoms with van der Waals surface area (Å²) in [5.41, 5.74) is 6.43. The Hall–Kier alpha value is -3.34. The number of benzene rings is 1. The predicted molar refractivity (Wildman–Crippen MR) is 138 cm³/mol. The summed E-state index contributed by atoms with van der Waals surface area (Å²) >= 11 is 0. The Morgan fingerprint density at radius 2 is 1.34 bits per heavy atom. The van der Waals surface area contributed by atoms with Crippen molar-refractivity contribution in [3.8, 4) is 11.5 Å². The summed E-state index contributed by atoms with van der Waals surface area (Å²) in [7, 11) is 0. The molecule has 3 N–H and O–H groups in total. The monoisotopic (exact) mass is 539 g/mol. The molecule has 0 heterocycles. The van der Waals surface area contributed by atoms with Crippen LogP contribution < -0.4 is 15.2 Å². The maximum atomic E-state index is 12.3. The number of hydrogen-bond acceptors (Lipinski definition) is 10. The van der Waals surface area contributed by atoms with Crippen molar-refractivity contribution in [3.63, 3.8) is 0 Å². The fraction of sp³-hybridized carbons (Fsp3) is 0.630. The van der Waals surface area contributed by atoms with Gasteiger partial charge in [-0.25, -0.2) is 9.59 Å². The highest BCUT2D eigenvalue weighted by Crippen LogP contribution is 2.37. The van der Waals surface area contributed by atoms with E-state index in [0.717, 1.165) is 0 Å². The molecule has 1 aromatic carbocycles. The van der Waals surface area contributed by atoms with Crippen molar-refractivity contribution >= 4 is 24.2 Å². The van der Waals surface area contributed by atoms with Gasteiger partial charge in [0.15, 0.2) is 11.5 Å². The van der Waals surface area contributed by atoms with Crippen LogP contribution >= 0.6 is 0 Å². The van der Waals surface area contributed by atoms with Crippen LogP contribution in [-0.2, 0) is 23.8 Å². The second-order valence-corrected chi connectivity index (χ2v) is 10.1. The molecule has 0 fully saturated rings. The van der Waals surface area contributed by atoms with E-state index < -0.39 is 60.4 Å². The largest absolute Gasteiger partial charge is 0.514 e. The van der Waals surface area contributed by atoms with Crippen molar-refractivity contribution in [2.75, 3.05) is 0 Å². The number of aliphatic carboxylic acids is 1. The maximum absolute atomic E-state index is 12.3. The Balaban J connectivity index is 3.39. The second-order valence-electron chi connectivity index (χ2n) is 10.1. The number of esters is 1. The molecule has 3 unspecified atom stereocenters. The van der Waals surface area contributed by atoms with Crippen molar-refractivity contribution in [1.82, 2.24) is 0 Å². The minimum absolute atomic E-state index is 0.149. The van der Waals surface area contributed by atoms with Crippen molar-refractivity contribution in [2.45, 2.75) is 98.5 Å². The molecular formula is C27H41NO10. The lowest BCUT2D eigenvalue weighted by atomic mass is 9.79. The molecular weight excluding hydrogens is 498 g/mol. The lowest BCUT2D eigenvalue weighted by Crippen LogP contribution is -2.42. The van der Waals surface area contributed by atoms with E-state index in [1.807, 2.05) is 13.8 Å². The van der Waals surface area contributed by atoms with Gasteiger partial charge in [0.05, 0.1) is 12.2 Å². The third kappa shape index (κ3) is 11.0. The number of carboxylic acids is 1. The zero-order valence-corrected chi connectivity index (χ0v) is 23.4. The molecule has 11 nitrogen and oxygen atoms in total. The first-order valence-corrected chi connectivity index (χ1v) is 12.7. The first kappa shape index (κ1) is 32.7. The average molecular weight is 540 g/mol. The molecule has 4 atom stereocenters. The zero-order chi connectivity index (χ0) is 29.2. The van der Waals surface area contributed by atoms with E-state index >= 15 is 0 Å². The molecule has 0 radical (unpaired) electrons. The summed E-state index contributed by atoms with van der Waals surface area (Å²) in [5.74, 6) is -3.13. The van der Waals surface area contributed by atoms with E-state index in [1.165, 1.54) is 18.2 Å². The van der Waals surface area contributed by atoms with Crippen LogP contribution in [0.3, 0.4) is 0 Å². The summed E-state index contributed by atoms with van der Waals surface area (Å²) in [6.45, 7) is 13.9. The van der Waals surface area contributed by atoms with Crippen molar-refractivity contribution in [3.05, 3.63) is 23.8 Å². The molecule has 0 aliphatic rings. The minimum atomic E-state index is -1.39. The third-order valence-electron chi connectivity index (χ3n) is 5.63. The summed E-state index contributed by atoms with van der Waals surface area (Å²) in [6.07, 6.45) is -2.81. The molecule has 0 bridgehead atoms. The van der Waals surface area contributed by atoms with Crippen LogP contribution in [0, 0.1) is 11.8 Å². The highest BCUT2D eigenvalue weighted by molar-refractivity contribution is 5.75. The summed E-state index contributed by atoms with van der Waals surface area (Å²) in [6, 6.07) is 2.78. The molecule has 0 spiro atoms. The third-order valence-corrected chi connectivity index (χ3v) is 5.63. The Morgan fingerprint density at radius 3 is 1.82 bits per heavy atom. The number of carbonyl (C=O) groups excluding carboxylic acids is 3. The van der Waals surface area contributed by atoms with E-state index in [4.69, 9.17) is 29.4 Å². The van der Waals surface area contributed by atoms with Crippen LogP contribution in [0.15, 0.2) is 18.2 Å². The van der Waals surface area contributed by atoms with E-state index in [1.54, 1.807) is 41.5 Å². The molecule has 0 aliphatic heterocycles. The number of rotatable bonds is 13. The molecule has 0 amide bonds. The minimum Gasteiger partial charge on any atom is -0.480 e. The molecule has 0 saturated carbocycles. The smallest absolute Gasteiger partial charge is 0.480 e. The van der Waals surface area contributed by atoms with Crippen LogP contribution in [0.1, 0.15) is 79.7 Å². The topological polar surface area (TPSA) is 161 Å². The number of carbonyl (C=O) groups is 4. The Bertz CT molecular complexity index is 959. The van der Waals surface area contributed by atoms with Crippen molar-refractivity contribution in [2.24, 2.45) is 17.6 Å².